The number of carbonyl (C=O) groups is 1. The molecular weight excluding hydrogens is 206 g/mol. The Hall–Kier alpha value is -1.46. The first-order valence-electron chi connectivity index (χ1n) is 5.39. The maximum Gasteiger partial charge on any atom is 0.324 e. The van der Waals surface area contributed by atoms with Crippen LogP contribution in [0.15, 0.2) is 24.5 Å². The molecule has 2 atom stereocenters. The van der Waals surface area contributed by atoms with E-state index in [2.05, 4.69) is 15.8 Å². The van der Waals surface area contributed by atoms with E-state index in [1.54, 1.807) is 19.3 Å². The first kappa shape index (κ1) is 11.0. The van der Waals surface area contributed by atoms with Crippen LogP contribution in [0.4, 0.5) is 0 Å². The van der Waals surface area contributed by atoms with Crippen molar-refractivity contribution in [2.75, 3.05) is 6.61 Å². The summed E-state index contributed by atoms with van der Waals surface area (Å²) in [5.74, 6) is -0.202. The maximum atomic E-state index is 11.5. The molecule has 2 rings (SSSR count). The molecule has 0 spiro atoms. The Morgan fingerprint density at radius 2 is 2.25 bits per heavy atom. The predicted molar refractivity (Wildman–Crippen MR) is 58.3 cm³/mol. The number of rotatable bonds is 3. The number of esters is 1. The van der Waals surface area contributed by atoms with Crippen molar-refractivity contribution in [1.82, 2.24) is 15.8 Å². The van der Waals surface area contributed by atoms with Gasteiger partial charge in [-0.3, -0.25) is 9.78 Å². The van der Waals surface area contributed by atoms with E-state index in [0.29, 0.717) is 13.0 Å². The third-order valence-electron chi connectivity index (χ3n) is 2.58. The number of hydrazine groups is 1. The molecular formula is C11H15N3O2. The van der Waals surface area contributed by atoms with Gasteiger partial charge in [-0.1, -0.05) is 0 Å². The minimum absolute atomic E-state index is 0.136. The number of nitrogens with zero attached hydrogens (tertiary/aromatic N) is 1. The van der Waals surface area contributed by atoms with Gasteiger partial charge >= 0.3 is 5.97 Å². The van der Waals surface area contributed by atoms with Crippen LogP contribution in [0.3, 0.4) is 0 Å². The molecule has 5 heteroatoms. The molecule has 2 unspecified atom stereocenters. The highest BCUT2D eigenvalue weighted by atomic mass is 16.5. The summed E-state index contributed by atoms with van der Waals surface area (Å²) in [6.45, 7) is 2.22. The predicted octanol–water partition coefficient (Wildman–Crippen LogP) is 0.552. The van der Waals surface area contributed by atoms with Crippen molar-refractivity contribution in [2.45, 2.75) is 25.4 Å². The Balaban J connectivity index is 1.96. The van der Waals surface area contributed by atoms with Gasteiger partial charge in [0.15, 0.2) is 0 Å². The first-order valence-corrected chi connectivity index (χ1v) is 5.39. The Morgan fingerprint density at radius 1 is 1.50 bits per heavy atom. The number of carbonyl (C=O) groups excluding carboxylic acids is 1. The van der Waals surface area contributed by atoms with Crippen molar-refractivity contribution >= 4 is 5.97 Å². The smallest absolute Gasteiger partial charge is 0.324 e. The maximum absolute atomic E-state index is 11.5. The fourth-order valence-electron chi connectivity index (χ4n) is 1.77. The van der Waals surface area contributed by atoms with E-state index in [-0.39, 0.29) is 18.1 Å². The lowest BCUT2D eigenvalue weighted by molar-refractivity contribution is -0.145. The molecule has 1 saturated heterocycles. The minimum Gasteiger partial charge on any atom is -0.465 e. The standard InChI is InChI=1S/C11H15N3O2/c1-2-16-11(15)10-7-9(13-14-10)8-3-5-12-6-4-8/h3-6,9-10,13-14H,2,7H2,1H3. The minimum atomic E-state index is -0.266. The average Bonchev–Trinajstić information content (AvgIpc) is 2.80. The summed E-state index contributed by atoms with van der Waals surface area (Å²) in [6, 6.07) is 3.75. The Labute approximate surface area is 94.2 Å². The number of hydrogen-bond donors (Lipinski definition) is 2. The molecule has 0 bridgehead atoms. The molecule has 16 heavy (non-hydrogen) atoms. The van der Waals surface area contributed by atoms with Crippen LogP contribution in [-0.4, -0.2) is 23.6 Å². The van der Waals surface area contributed by atoms with Crippen LogP contribution >= 0.6 is 0 Å². The second kappa shape index (κ2) is 5.05. The van der Waals surface area contributed by atoms with E-state index < -0.39 is 0 Å². The van der Waals surface area contributed by atoms with Gasteiger partial charge in [0.2, 0.25) is 0 Å². The van der Waals surface area contributed by atoms with E-state index >= 15 is 0 Å². The summed E-state index contributed by atoms with van der Waals surface area (Å²) in [7, 11) is 0. The monoisotopic (exact) mass is 221 g/mol. The Morgan fingerprint density at radius 3 is 2.94 bits per heavy atom. The average molecular weight is 221 g/mol. The van der Waals surface area contributed by atoms with E-state index in [1.807, 2.05) is 12.1 Å². The van der Waals surface area contributed by atoms with Gasteiger partial charge in [-0.2, -0.15) is 0 Å². The van der Waals surface area contributed by atoms with Crippen molar-refractivity contribution < 1.29 is 9.53 Å². The zero-order valence-electron chi connectivity index (χ0n) is 9.14. The van der Waals surface area contributed by atoms with E-state index in [0.717, 1.165) is 5.56 Å². The molecule has 1 fully saturated rings. The summed E-state index contributed by atoms with van der Waals surface area (Å²) in [6.07, 6.45) is 4.19. The molecule has 0 amide bonds. The first-order chi connectivity index (χ1) is 7.81. The van der Waals surface area contributed by atoms with Gasteiger partial charge in [0.05, 0.1) is 6.61 Å². The van der Waals surface area contributed by atoms with Gasteiger partial charge < -0.3 is 4.74 Å². The molecule has 1 aliphatic heterocycles. The van der Waals surface area contributed by atoms with Gasteiger partial charge in [0.1, 0.15) is 6.04 Å². The lowest BCUT2D eigenvalue weighted by atomic mass is 10.0. The van der Waals surface area contributed by atoms with Gasteiger partial charge in [-0.15, -0.1) is 0 Å². The summed E-state index contributed by atoms with van der Waals surface area (Å²) >= 11 is 0. The van der Waals surface area contributed by atoms with Crippen molar-refractivity contribution in [3.05, 3.63) is 30.1 Å². The van der Waals surface area contributed by atoms with Gasteiger partial charge in [-0.05, 0) is 31.0 Å². The molecule has 1 aliphatic rings. The van der Waals surface area contributed by atoms with Crippen LogP contribution in [0.5, 0.6) is 0 Å². The molecule has 0 saturated carbocycles. The number of hydrogen-bond acceptors (Lipinski definition) is 5. The molecule has 86 valence electrons. The lowest BCUT2D eigenvalue weighted by Crippen LogP contribution is -2.37. The van der Waals surface area contributed by atoms with Crippen molar-refractivity contribution in [1.29, 1.82) is 0 Å². The summed E-state index contributed by atoms with van der Waals surface area (Å²) in [5.41, 5.74) is 7.15. The molecule has 0 aromatic carbocycles. The fourth-order valence-corrected chi connectivity index (χ4v) is 1.77. The van der Waals surface area contributed by atoms with Crippen molar-refractivity contribution in [3.8, 4) is 0 Å². The zero-order chi connectivity index (χ0) is 11.4. The SMILES string of the molecule is CCOC(=O)C1CC(c2ccncc2)NN1. The molecule has 5 nitrogen and oxygen atoms in total. The van der Waals surface area contributed by atoms with Crippen LogP contribution < -0.4 is 10.9 Å². The molecule has 1 aromatic heterocycles. The topological polar surface area (TPSA) is 63.2 Å². The molecule has 0 aliphatic carbocycles. The lowest BCUT2D eigenvalue weighted by Gasteiger charge is -2.08. The quantitative estimate of drug-likeness (QED) is 0.730. The van der Waals surface area contributed by atoms with Crippen LogP contribution in [0.2, 0.25) is 0 Å². The number of pyridine rings is 1. The molecule has 2 heterocycles. The summed E-state index contributed by atoms with van der Waals surface area (Å²) in [4.78, 5) is 15.4. The Bertz CT molecular complexity index is 356. The second-order valence-corrected chi connectivity index (χ2v) is 3.66. The zero-order valence-corrected chi connectivity index (χ0v) is 9.14. The van der Waals surface area contributed by atoms with E-state index in [1.165, 1.54) is 0 Å². The van der Waals surface area contributed by atoms with Gasteiger partial charge in [0.25, 0.3) is 0 Å². The largest absolute Gasteiger partial charge is 0.465 e. The Kier molecular flexibility index (Phi) is 3.48. The van der Waals surface area contributed by atoms with E-state index in [4.69, 9.17) is 4.74 Å². The number of ether oxygens (including phenoxy) is 1. The van der Waals surface area contributed by atoms with Crippen LogP contribution in [0, 0.1) is 0 Å². The van der Waals surface area contributed by atoms with Gasteiger partial charge in [-0.25, -0.2) is 10.9 Å². The third-order valence-corrected chi connectivity index (χ3v) is 2.58. The molecule has 2 N–H and O–H groups in total. The van der Waals surface area contributed by atoms with Crippen LogP contribution in [-0.2, 0) is 9.53 Å². The van der Waals surface area contributed by atoms with Crippen molar-refractivity contribution in [3.63, 3.8) is 0 Å². The normalized spacial score (nSPS) is 24.3. The summed E-state index contributed by atoms with van der Waals surface area (Å²) < 4.78 is 4.96. The fraction of sp³-hybridized carbons (Fsp3) is 0.455. The highest BCUT2D eigenvalue weighted by Gasteiger charge is 2.30. The van der Waals surface area contributed by atoms with Crippen LogP contribution in [0.25, 0.3) is 0 Å². The van der Waals surface area contributed by atoms with Crippen molar-refractivity contribution in [2.24, 2.45) is 0 Å². The number of nitrogens with one attached hydrogen (secondary N) is 2. The third kappa shape index (κ3) is 2.37. The van der Waals surface area contributed by atoms with Gasteiger partial charge in [0, 0.05) is 18.4 Å². The highest BCUT2D eigenvalue weighted by Crippen LogP contribution is 2.21. The summed E-state index contributed by atoms with van der Waals surface area (Å²) in [5, 5.41) is 0. The molecule has 0 radical (unpaired) electrons. The number of aromatic nitrogens is 1. The van der Waals surface area contributed by atoms with Crippen LogP contribution in [0.1, 0.15) is 24.9 Å². The van der Waals surface area contributed by atoms with E-state index in [9.17, 15) is 4.79 Å². The molecule has 1 aromatic rings. The highest BCUT2D eigenvalue weighted by molar-refractivity contribution is 5.76. The second-order valence-electron chi connectivity index (χ2n) is 3.66.